The lowest BCUT2D eigenvalue weighted by Gasteiger charge is -2.15. The van der Waals surface area contributed by atoms with Crippen LogP contribution in [0.5, 0.6) is 5.75 Å². The summed E-state index contributed by atoms with van der Waals surface area (Å²) in [5.74, 6) is -2.09. The Kier molecular flexibility index (Phi) is 5.64. The van der Waals surface area contributed by atoms with Gasteiger partial charge in [-0.2, -0.15) is 13.9 Å². The molecule has 0 aliphatic heterocycles. The van der Waals surface area contributed by atoms with Crippen LogP contribution in [0.2, 0.25) is 0 Å². The van der Waals surface area contributed by atoms with E-state index in [2.05, 4.69) is 31.1 Å². The van der Waals surface area contributed by atoms with Crippen LogP contribution < -0.4 is 10.1 Å². The minimum Gasteiger partial charge on any atom is -0.432 e. The molecule has 1 aromatic heterocycles. The lowest BCUT2D eigenvalue weighted by Crippen LogP contribution is -2.25. The molecule has 23 heavy (non-hydrogen) atoms. The van der Waals surface area contributed by atoms with Gasteiger partial charge in [0.15, 0.2) is 5.75 Å². The largest absolute Gasteiger partial charge is 0.432 e. The molecule has 0 spiro atoms. The quantitative estimate of drug-likeness (QED) is 0.817. The summed E-state index contributed by atoms with van der Waals surface area (Å²) >= 11 is 3.25. The molecule has 1 amide bonds. The van der Waals surface area contributed by atoms with Crippen molar-refractivity contribution in [2.75, 3.05) is 5.32 Å². The van der Waals surface area contributed by atoms with E-state index in [0.29, 0.717) is 6.54 Å². The molecule has 124 valence electrons. The first-order chi connectivity index (χ1) is 10.8. The molecule has 0 bridgehead atoms. The molecule has 0 fully saturated rings. The van der Waals surface area contributed by atoms with E-state index in [-0.39, 0.29) is 5.69 Å². The second-order valence-electron chi connectivity index (χ2n) is 4.79. The van der Waals surface area contributed by atoms with Crippen LogP contribution in [0.25, 0.3) is 0 Å². The summed E-state index contributed by atoms with van der Waals surface area (Å²) in [5.41, 5.74) is -0.0230. The van der Waals surface area contributed by atoms with Gasteiger partial charge >= 0.3 is 6.61 Å². The van der Waals surface area contributed by atoms with Gasteiger partial charge in [0, 0.05) is 12.3 Å². The zero-order valence-corrected chi connectivity index (χ0v) is 13.6. The minimum absolute atomic E-state index is 0.0230. The fourth-order valence-electron chi connectivity index (χ4n) is 1.85. The minimum atomic E-state index is -3.12. The first-order valence-corrected chi connectivity index (χ1v) is 7.37. The number of alkyl halides is 2. The molecule has 0 aliphatic carbocycles. The Morgan fingerprint density at radius 1 is 1.48 bits per heavy atom. The molecule has 0 saturated heterocycles. The maximum absolute atomic E-state index is 13.1. The molecule has 0 aliphatic rings. The fraction of sp³-hybridized carbons (Fsp3) is 0.286. The van der Waals surface area contributed by atoms with Gasteiger partial charge in [0.1, 0.15) is 5.82 Å². The number of carbonyl (C=O) groups is 1. The van der Waals surface area contributed by atoms with E-state index in [1.807, 2.05) is 0 Å². The van der Waals surface area contributed by atoms with E-state index in [1.165, 1.54) is 6.07 Å². The first-order valence-electron chi connectivity index (χ1n) is 6.58. The van der Waals surface area contributed by atoms with Gasteiger partial charge in [0.25, 0.3) is 0 Å². The highest BCUT2D eigenvalue weighted by Gasteiger charge is 2.18. The summed E-state index contributed by atoms with van der Waals surface area (Å²) in [5, 5.41) is 6.48. The summed E-state index contributed by atoms with van der Waals surface area (Å²) in [6, 6.07) is 3.00. The molecular formula is C14H13BrF3N3O2. The van der Waals surface area contributed by atoms with Crippen molar-refractivity contribution in [3.05, 3.63) is 40.9 Å². The SMILES string of the molecule is CC(Cn1cc(Br)cn1)C(=O)Nc1ccc(F)cc1OC(F)F. The van der Waals surface area contributed by atoms with Crippen molar-refractivity contribution in [2.45, 2.75) is 20.1 Å². The summed E-state index contributed by atoms with van der Waals surface area (Å²) in [6.45, 7) is -1.17. The standard InChI is InChI=1S/C14H13BrF3N3O2/c1-8(6-21-7-9(15)5-19-21)13(22)20-11-3-2-10(16)4-12(11)23-14(17)18/h2-5,7-8,14H,6H2,1H3,(H,20,22). The summed E-state index contributed by atoms with van der Waals surface area (Å²) in [7, 11) is 0. The average Bonchev–Trinajstić information content (AvgIpc) is 2.86. The van der Waals surface area contributed by atoms with Crippen LogP contribution in [-0.4, -0.2) is 22.3 Å². The van der Waals surface area contributed by atoms with Crippen molar-refractivity contribution in [2.24, 2.45) is 5.92 Å². The Morgan fingerprint density at radius 3 is 2.83 bits per heavy atom. The second kappa shape index (κ2) is 7.49. The van der Waals surface area contributed by atoms with E-state index in [9.17, 15) is 18.0 Å². The monoisotopic (exact) mass is 391 g/mol. The highest BCUT2D eigenvalue weighted by molar-refractivity contribution is 9.10. The number of hydrogen-bond acceptors (Lipinski definition) is 3. The molecule has 5 nitrogen and oxygen atoms in total. The molecule has 1 aromatic carbocycles. The molecule has 1 N–H and O–H groups in total. The summed E-state index contributed by atoms with van der Waals surface area (Å²) in [6.07, 6.45) is 3.28. The van der Waals surface area contributed by atoms with Gasteiger partial charge in [0.2, 0.25) is 5.91 Å². The van der Waals surface area contributed by atoms with Crippen LogP contribution in [0.15, 0.2) is 35.1 Å². The Balaban J connectivity index is 2.07. The predicted octanol–water partition coefficient (Wildman–Crippen LogP) is 3.66. The van der Waals surface area contributed by atoms with Crippen LogP contribution in [0.1, 0.15) is 6.92 Å². The van der Waals surface area contributed by atoms with Crippen LogP contribution >= 0.6 is 15.9 Å². The van der Waals surface area contributed by atoms with Crippen molar-refractivity contribution < 1.29 is 22.7 Å². The van der Waals surface area contributed by atoms with E-state index >= 15 is 0 Å². The van der Waals surface area contributed by atoms with Crippen LogP contribution in [0, 0.1) is 11.7 Å². The van der Waals surface area contributed by atoms with E-state index < -0.39 is 30.0 Å². The number of benzene rings is 1. The molecule has 2 rings (SSSR count). The van der Waals surface area contributed by atoms with Gasteiger partial charge in [-0.05, 0) is 28.1 Å². The van der Waals surface area contributed by atoms with Crippen molar-refractivity contribution in [3.8, 4) is 5.75 Å². The lowest BCUT2D eigenvalue weighted by molar-refractivity contribution is -0.119. The highest BCUT2D eigenvalue weighted by Crippen LogP contribution is 2.27. The van der Waals surface area contributed by atoms with Crippen molar-refractivity contribution in [1.29, 1.82) is 0 Å². The third-order valence-electron chi connectivity index (χ3n) is 2.93. The number of nitrogens with zero attached hydrogens (tertiary/aromatic N) is 2. The fourth-order valence-corrected chi connectivity index (χ4v) is 2.18. The Morgan fingerprint density at radius 2 is 2.22 bits per heavy atom. The van der Waals surface area contributed by atoms with E-state index in [1.54, 1.807) is 24.0 Å². The number of ether oxygens (including phenoxy) is 1. The number of anilines is 1. The zero-order chi connectivity index (χ0) is 17.0. The van der Waals surface area contributed by atoms with Crippen molar-refractivity contribution >= 4 is 27.5 Å². The van der Waals surface area contributed by atoms with Crippen LogP contribution in [-0.2, 0) is 11.3 Å². The first kappa shape index (κ1) is 17.3. The molecule has 1 unspecified atom stereocenters. The average molecular weight is 392 g/mol. The molecule has 0 saturated carbocycles. The highest BCUT2D eigenvalue weighted by atomic mass is 79.9. The third-order valence-corrected chi connectivity index (χ3v) is 3.34. The zero-order valence-electron chi connectivity index (χ0n) is 12.0. The van der Waals surface area contributed by atoms with Crippen LogP contribution in [0.4, 0.5) is 18.9 Å². The number of rotatable bonds is 6. The van der Waals surface area contributed by atoms with E-state index in [4.69, 9.17) is 0 Å². The lowest BCUT2D eigenvalue weighted by atomic mass is 10.1. The maximum atomic E-state index is 13.1. The Labute approximate surface area is 138 Å². The molecule has 1 atom stereocenters. The van der Waals surface area contributed by atoms with Crippen molar-refractivity contribution in [1.82, 2.24) is 9.78 Å². The maximum Gasteiger partial charge on any atom is 0.387 e. The second-order valence-corrected chi connectivity index (χ2v) is 5.71. The smallest absolute Gasteiger partial charge is 0.387 e. The van der Waals surface area contributed by atoms with Crippen LogP contribution in [0.3, 0.4) is 0 Å². The number of carbonyl (C=O) groups excluding carboxylic acids is 1. The van der Waals surface area contributed by atoms with Gasteiger partial charge in [-0.3, -0.25) is 9.48 Å². The number of amides is 1. The Hall–Kier alpha value is -2.03. The molecule has 1 heterocycles. The van der Waals surface area contributed by atoms with Gasteiger partial charge in [0.05, 0.1) is 28.8 Å². The number of halogens is 4. The van der Waals surface area contributed by atoms with Gasteiger partial charge < -0.3 is 10.1 Å². The molecule has 2 aromatic rings. The van der Waals surface area contributed by atoms with Gasteiger partial charge in [-0.25, -0.2) is 4.39 Å². The number of nitrogens with one attached hydrogen (secondary N) is 1. The summed E-state index contributed by atoms with van der Waals surface area (Å²) < 4.78 is 44.4. The molecular weight excluding hydrogens is 379 g/mol. The third kappa shape index (κ3) is 4.98. The number of aromatic nitrogens is 2. The van der Waals surface area contributed by atoms with Gasteiger partial charge in [-0.15, -0.1) is 0 Å². The summed E-state index contributed by atoms with van der Waals surface area (Å²) in [4.78, 5) is 12.1. The van der Waals surface area contributed by atoms with Crippen molar-refractivity contribution in [3.63, 3.8) is 0 Å². The molecule has 0 radical (unpaired) electrons. The Bertz CT molecular complexity index is 694. The topological polar surface area (TPSA) is 56.2 Å². The number of hydrogen-bond donors (Lipinski definition) is 1. The predicted molar refractivity (Wildman–Crippen MR) is 80.8 cm³/mol. The molecule has 9 heteroatoms. The van der Waals surface area contributed by atoms with E-state index in [0.717, 1.165) is 16.6 Å². The van der Waals surface area contributed by atoms with Gasteiger partial charge in [-0.1, -0.05) is 6.92 Å². The normalized spacial score (nSPS) is 12.3.